The highest BCUT2D eigenvalue weighted by molar-refractivity contribution is 7.09. The fourth-order valence-electron chi connectivity index (χ4n) is 3.52. The summed E-state index contributed by atoms with van der Waals surface area (Å²) >= 11 is 1.19. The molecule has 1 unspecified atom stereocenters. The van der Waals surface area contributed by atoms with E-state index in [2.05, 4.69) is 21.7 Å². The number of amides is 2. The van der Waals surface area contributed by atoms with Gasteiger partial charge in [-0.3, -0.25) is 0 Å². The van der Waals surface area contributed by atoms with Crippen LogP contribution in [0.5, 0.6) is 0 Å². The van der Waals surface area contributed by atoms with E-state index in [0.29, 0.717) is 17.1 Å². The number of hydrogen-bond donors (Lipinski definition) is 2. The Balaban J connectivity index is 1.78. The first-order valence-corrected chi connectivity index (χ1v) is 11.2. The molecule has 0 aliphatic heterocycles. The molecule has 0 fully saturated rings. The second-order valence-corrected chi connectivity index (χ2v) is 8.53. The van der Waals surface area contributed by atoms with Gasteiger partial charge in [0.1, 0.15) is 18.5 Å². The lowest BCUT2D eigenvalue weighted by Crippen LogP contribution is -2.44. The lowest BCUT2D eigenvalue weighted by molar-refractivity contribution is -0.488. The molecule has 2 aromatic carbocycles. The van der Waals surface area contributed by atoms with Gasteiger partial charge in [-0.2, -0.15) is 8.95 Å². The van der Waals surface area contributed by atoms with Crippen molar-refractivity contribution in [2.24, 2.45) is 5.92 Å². The van der Waals surface area contributed by atoms with E-state index in [4.69, 9.17) is 0 Å². The second kappa shape index (κ2) is 10.4. The Labute approximate surface area is 195 Å². The maximum absolute atomic E-state index is 13.7. The van der Waals surface area contributed by atoms with Gasteiger partial charge in [0.25, 0.3) is 5.00 Å². The molecule has 0 saturated heterocycles. The summed E-state index contributed by atoms with van der Waals surface area (Å²) in [6.45, 7) is 9.54. The topological polar surface area (TPSA) is 97.2 Å². The third-order valence-electron chi connectivity index (χ3n) is 5.13. The number of aliphatic carboxylic acids is 1. The molecule has 0 radical (unpaired) electrons. The van der Waals surface area contributed by atoms with Crippen LogP contribution in [0.4, 0.5) is 25.6 Å². The Morgan fingerprint density at radius 3 is 2.39 bits per heavy atom. The minimum Gasteiger partial charge on any atom is -0.543 e. The minimum absolute atomic E-state index is 0.0863. The van der Waals surface area contributed by atoms with Crippen LogP contribution in [0.3, 0.4) is 0 Å². The summed E-state index contributed by atoms with van der Waals surface area (Å²) < 4.78 is 19.7. The monoisotopic (exact) mass is 468 g/mol. The maximum Gasteiger partial charge on any atom is 0.323 e. The number of para-hydroxylation sites is 1. The van der Waals surface area contributed by atoms with Gasteiger partial charge in [0.05, 0.1) is 16.9 Å². The first-order valence-electron chi connectivity index (χ1n) is 10.4. The highest BCUT2D eigenvalue weighted by Gasteiger charge is 2.31. The van der Waals surface area contributed by atoms with Crippen molar-refractivity contribution in [3.8, 4) is 11.3 Å². The predicted molar refractivity (Wildman–Crippen MR) is 127 cm³/mol. The molecule has 2 amide bonds. The summed E-state index contributed by atoms with van der Waals surface area (Å²) in [4.78, 5) is 23.8. The SMILES string of the molecule is C=[N+](c1snc(-c2ccc(NC(=O)Nc3ccccc3F)cc2)c1CC)C(C(=O)[O-])C(C)C. The van der Waals surface area contributed by atoms with Crippen LogP contribution in [-0.2, 0) is 11.2 Å². The van der Waals surface area contributed by atoms with E-state index in [1.807, 2.05) is 19.1 Å². The minimum atomic E-state index is -1.18. The van der Waals surface area contributed by atoms with Crippen LogP contribution in [0, 0.1) is 11.7 Å². The van der Waals surface area contributed by atoms with Gasteiger partial charge in [0.15, 0.2) is 0 Å². The Morgan fingerprint density at radius 2 is 1.82 bits per heavy atom. The Kier molecular flexibility index (Phi) is 7.55. The van der Waals surface area contributed by atoms with Crippen LogP contribution in [0.15, 0.2) is 48.5 Å². The van der Waals surface area contributed by atoms with E-state index in [1.165, 1.54) is 28.2 Å². The molecule has 0 spiro atoms. The molecule has 1 heterocycles. The van der Waals surface area contributed by atoms with Crippen molar-refractivity contribution in [3.05, 3.63) is 59.9 Å². The van der Waals surface area contributed by atoms with Crippen molar-refractivity contribution in [1.82, 2.24) is 4.37 Å². The molecule has 3 aromatic rings. The van der Waals surface area contributed by atoms with Gasteiger partial charge in [0.2, 0.25) is 6.04 Å². The van der Waals surface area contributed by atoms with E-state index >= 15 is 0 Å². The first-order chi connectivity index (χ1) is 15.7. The summed E-state index contributed by atoms with van der Waals surface area (Å²) in [5.74, 6) is -1.89. The molecule has 0 aliphatic carbocycles. The number of rotatable bonds is 8. The summed E-state index contributed by atoms with van der Waals surface area (Å²) in [5, 5.41) is 17.4. The molecule has 7 nitrogen and oxygen atoms in total. The number of hydrogen-bond acceptors (Lipinski definition) is 5. The van der Waals surface area contributed by atoms with Gasteiger partial charge < -0.3 is 20.5 Å². The molecule has 33 heavy (non-hydrogen) atoms. The van der Waals surface area contributed by atoms with E-state index in [0.717, 1.165) is 16.8 Å². The van der Waals surface area contributed by atoms with Crippen molar-refractivity contribution in [2.45, 2.75) is 33.2 Å². The summed E-state index contributed by atoms with van der Waals surface area (Å²) in [6, 6.07) is 11.5. The zero-order valence-electron chi connectivity index (χ0n) is 18.6. The highest BCUT2D eigenvalue weighted by Crippen LogP contribution is 2.36. The molecule has 9 heteroatoms. The maximum atomic E-state index is 13.7. The number of halogens is 1. The second-order valence-electron chi connectivity index (χ2n) is 7.78. The Hall–Kier alpha value is -3.59. The average molecular weight is 469 g/mol. The molecule has 3 rings (SSSR count). The molecule has 0 bridgehead atoms. The zero-order valence-corrected chi connectivity index (χ0v) is 19.4. The Morgan fingerprint density at radius 1 is 1.15 bits per heavy atom. The lowest BCUT2D eigenvalue weighted by atomic mass is 10.0. The molecule has 1 aromatic heterocycles. The van der Waals surface area contributed by atoms with Crippen molar-refractivity contribution in [2.75, 3.05) is 10.6 Å². The number of aromatic nitrogens is 1. The number of carbonyl (C=O) groups is 2. The molecule has 1 atom stereocenters. The quantitative estimate of drug-likeness (QED) is 0.381. The van der Waals surface area contributed by atoms with E-state index in [9.17, 15) is 19.1 Å². The number of benzene rings is 2. The van der Waals surface area contributed by atoms with Crippen molar-refractivity contribution in [1.29, 1.82) is 0 Å². The number of carboxylic acid groups (broad SMARTS) is 1. The summed E-state index contributed by atoms with van der Waals surface area (Å²) in [5.41, 5.74) is 3.05. The largest absolute Gasteiger partial charge is 0.543 e. The third-order valence-corrected chi connectivity index (χ3v) is 6.06. The van der Waals surface area contributed by atoms with Gasteiger partial charge in [-0.05, 0) is 30.7 Å². The summed E-state index contributed by atoms with van der Waals surface area (Å²) in [7, 11) is 0. The van der Waals surface area contributed by atoms with E-state index in [1.54, 1.807) is 38.1 Å². The van der Waals surface area contributed by atoms with Gasteiger partial charge >= 0.3 is 6.03 Å². The first kappa shape index (κ1) is 24.1. The van der Waals surface area contributed by atoms with Crippen LogP contribution < -0.4 is 15.7 Å². The molecule has 2 N–H and O–H groups in total. The zero-order chi connectivity index (χ0) is 24.1. The van der Waals surface area contributed by atoms with Gasteiger partial charge in [-0.15, -0.1) is 0 Å². The molecule has 0 saturated carbocycles. The van der Waals surface area contributed by atoms with Crippen LogP contribution in [0.25, 0.3) is 11.3 Å². The average Bonchev–Trinajstić information content (AvgIpc) is 3.19. The van der Waals surface area contributed by atoms with Crippen molar-refractivity contribution >= 4 is 46.6 Å². The van der Waals surface area contributed by atoms with Gasteiger partial charge in [-0.25, -0.2) is 9.18 Å². The van der Waals surface area contributed by atoms with Gasteiger partial charge in [-0.1, -0.05) is 45.0 Å². The van der Waals surface area contributed by atoms with Crippen LogP contribution >= 0.6 is 11.5 Å². The standard InChI is InChI=1S/C24H25FN4O3S/c1-5-17-20(28-33-22(17)29(4)21(14(2)3)23(30)31)15-10-12-16(13-11-15)26-24(32)27-19-9-7-6-8-18(19)25/h6-14,21H,4-5H2,1-3H3,(H2-,26,27,28,30,31,32). The molecular formula is C24H25FN4O3S. The highest BCUT2D eigenvalue weighted by atomic mass is 32.1. The molecular weight excluding hydrogens is 443 g/mol. The van der Waals surface area contributed by atoms with Gasteiger partial charge in [0, 0.05) is 28.7 Å². The molecule has 172 valence electrons. The Bertz CT molecular complexity index is 1170. The number of carbonyl (C=O) groups excluding carboxylic acids is 2. The van der Waals surface area contributed by atoms with E-state index in [-0.39, 0.29) is 11.6 Å². The lowest BCUT2D eigenvalue weighted by Gasteiger charge is -2.18. The third kappa shape index (κ3) is 5.43. The number of nitrogens with zero attached hydrogens (tertiary/aromatic N) is 2. The fraction of sp³-hybridized carbons (Fsp3) is 0.250. The fourth-order valence-corrected chi connectivity index (χ4v) is 4.48. The van der Waals surface area contributed by atoms with Crippen molar-refractivity contribution < 1.29 is 23.7 Å². The van der Waals surface area contributed by atoms with Crippen LogP contribution in [0.2, 0.25) is 0 Å². The number of urea groups is 1. The number of nitrogens with one attached hydrogen (secondary N) is 2. The van der Waals surface area contributed by atoms with Crippen LogP contribution in [-0.4, -0.2) is 33.7 Å². The van der Waals surface area contributed by atoms with E-state index < -0.39 is 23.9 Å². The predicted octanol–water partition coefficient (Wildman–Crippen LogP) is 4.27. The number of anilines is 2. The molecule has 0 aliphatic rings. The summed E-state index contributed by atoms with van der Waals surface area (Å²) in [6.07, 6.45) is 0.635. The normalized spacial score (nSPS) is 11.8. The van der Waals surface area contributed by atoms with Crippen molar-refractivity contribution in [3.63, 3.8) is 0 Å². The van der Waals surface area contributed by atoms with Crippen LogP contribution in [0.1, 0.15) is 26.3 Å². The smallest absolute Gasteiger partial charge is 0.323 e. The number of carboxylic acids is 1.